The molecule has 0 aromatic rings. The molecule has 0 rings (SSSR count). The molecule has 0 aliphatic carbocycles. The van der Waals surface area contributed by atoms with E-state index in [9.17, 15) is 14.4 Å². The quantitative estimate of drug-likeness (QED) is 0.452. The predicted molar refractivity (Wildman–Crippen MR) is 54.7 cm³/mol. The minimum Gasteiger partial charge on any atom is -0.481 e. The Balaban J connectivity index is 4.28. The Morgan fingerprint density at radius 1 is 1.31 bits per heavy atom. The topological polar surface area (TPSA) is 130 Å². The lowest BCUT2D eigenvalue weighted by molar-refractivity contribution is -0.143. The summed E-state index contributed by atoms with van der Waals surface area (Å²) in [4.78, 5) is 32.3. The zero-order chi connectivity index (χ0) is 12.7. The highest BCUT2D eigenvalue weighted by Crippen LogP contribution is 1.99. The fourth-order valence-corrected chi connectivity index (χ4v) is 0.989. The highest BCUT2D eigenvalue weighted by molar-refractivity contribution is 5.86. The maximum absolute atomic E-state index is 11.3. The monoisotopic (exact) mass is 232 g/mol. The van der Waals surface area contributed by atoms with Gasteiger partial charge >= 0.3 is 11.9 Å². The minimum atomic E-state index is -1.27. The summed E-state index contributed by atoms with van der Waals surface area (Å²) in [6, 6.07) is -1.98. The Labute approximate surface area is 92.6 Å². The molecule has 5 N–H and O–H groups in total. The van der Waals surface area contributed by atoms with Gasteiger partial charge in [0.15, 0.2) is 0 Å². The maximum Gasteiger partial charge on any atom is 0.326 e. The van der Waals surface area contributed by atoms with Crippen LogP contribution in [0, 0.1) is 0 Å². The number of carboxylic acid groups (broad SMARTS) is 2. The van der Waals surface area contributed by atoms with E-state index in [0.717, 1.165) is 0 Å². The third kappa shape index (κ3) is 5.30. The number of carboxylic acids is 2. The normalized spacial score (nSPS) is 13.9. The van der Waals surface area contributed by atoms with Gasteiger partial charge in [0, 0.05) is 6.42 Å². The molecule has 0 saturated carbocycles. The van der Waals surface area contributed by atoms with Crippen LogP contribution in [0.15, 0.2) is 0 Å². The van der Waals surface area contributed by atoms with Gasteiger partial charge in [-0.05, 0) is 12.8 Å². The Morgan fingerprint density at radius 3 is 2.25 bits per heavy atom. The van der Waals surface area contributed by atoms with Gasteiger partial charge in [-0.15, -0.1) is 0 Å². The second-order valence-electron chi connectivity index (χ2n) is 3.35. The molecule has 0 aromatic heterocycles. The number of hydrogen-bond acceptors (Lipinski definition) is 4. The van der Waals surface area contributed by atoms with Crippen molar-refractivity contribution in [1.29, 1.82) is 0 Å². The SMILES string of the molecule is CCC(N)C(=O)N[C@@H](CCC(=O)O)C(=O)O. The molecule has 1 amide bonds. The van der Waals surface area contributed by atoms with E-state index in [-0.39, 0.29) is 12.8 Å². The molecule has 2 atom stereocenters. The van der Waals surface area contributed by atoms with Gasteiger partial charge in [0.2, 0.25) is 5.91 Å². The summed E-state index contributed by atoms with van der Waals surface area (Å²) >= 11 is 0. The van der Waals surface area contributed by atoms with Crippen LogP contribution < -0.4 is 11.1 Å². The Bertz CT molecular complexity index is 279. The van der Waals surface area contributed by atoms with Crippen LogP contribution in [0.1, 0.15) is 26.2 Å². The third-order valence-corrected chi connectivity index (χ3v) is 2.04. The molecular weight excluding hydrogens is 216 g/mol. The van der Waals surface area contributed by atoms with Crippen molar-refractivity contribution in [3.63, 3.8) is 0 Å². The third-order valence-electron chi connectivity index (χ3n) is 2.04. The lowest BCUT2D eigenvalue weighted by Crippen LogP contribution is -2.48. The van der Waals surface area contributed by atoms with Gasteiger partial charge in [0.25, 0.3) is 0 Å². The zero-order valence-corrected chi connectivity index (χ0v) is 8.97. The number of rotatable bonds is 7. The number of carbonyl (C=O) groups is 3. The molecule has 0 radical (unpaired) electrons. The molecule has 0 heterocycles. The Kier molecular flexibility index (Phi) is 6.09. The van der Waals surface area contributed by atoms with Crippen molar-refractivity contribution in [1.82, 2.24) is 5.32 Å². The van der Waals surface area contributed by atoms with E-state index < -0.39 is 29.9 Å². The molecule has 0 bridgehead atoms. The smallest absolute Gasteiger partial charge is 0.326 e. The van der Waals surface area contributed by atoms with Crippen molar-refractivity contribution in [2.24, 2.45) is 5.73 Å². The molecule has 92 valence electrons. The molecule has 7 nitrogen and oxygen atoms in total. The summed E-state index contributed by atoms with van der Waals surface area (Å²) in [5, 5.41) is 19.3. The molecule has 0 saturated heterocycles. The molecule has 7 heteroatoms. The first-order valence-electron chi connectivity index (χ1n) is 4.89. The summed E-state index contributed by atoms with van der Waals surface area (Å²) in [5.41, 5.74) is 5.40. The van der Waals surface area contributed by atoms with Crippen molar-refractivity contribution in [3.05, 3.63) is 0 Å². The van der Waals surface area contributed by atoms with Crippen LogP contribution in [0.4, 0.5) is 0 Å². The fraction of sp³-hybridized carbons (Fsp3) is 0.667. The van der Waals surface area contributed by atoms with Crippen molar-refractivity contribution < 1.29 is 24.6 Å². The number of nitrogens with two attached hydrogens (primary N) is 1. The van der Waals surface area contributed by atoms with Gasteiger partial charge in [0.05, 0.1) is 6.04 Å². The van der Waals surface area contributed by atoms with Crippen molar-refractivity contribution in [2.75, 3.05) is 0 Å². The van der Waals surface area contributed by atoms with Gasteiger partial charge in [0.1, 0.15) is 6.04 Å². The van der Waals surface area contributed by atoms with Gasteiger partial charge < -0.3 is 21.3 Å². The predicted octanol–water partition coefficient (Wildman–Crippen LogP) is -0.842. The summed E-state index contributed by atoms with van der Waals surface area (Å²) in [6.07, 6.45) is -0.0947. The minimum absolute atomic E-state index is 0.160. The van der Waals surface area contributed by atoms with Crippen LogP contribution in [-0.2, 0) is 14.4 Å². The van der Waals surface area contributed by atoms with Crippen molar-refractivity contribution in [2.45, 2.75) is 38.3 Å². The summed E-state index contributed by atoms with van der Waals surface area (Å²) in [7, 11) is 0. The number of hydrogen-bond donors (Lipinski definition) is 4. The molecular formula is C9H16N2O5. The van der Waals surface area contributed by atoms with E-state index in [1.807, 2.05) is 0 Å². The second-order valence-corrected chi connectivity index (χ2v) is 3.35. The largest absolute Gasteiger partial charge is 0.481 e. The van der Waals surface area contributed by atoms with Crippen LogP contribution in [0.5, 0.6) is 0 Å². The van der Waals surface area contributed by atoms with E-state index in [1.54, 1.807) is 6.92 Å². The Hall–Kier alpha value is -1.63. The molecule has 0 aliphatic rings. The van der Waals surface area contributed by atoms with E-state index in [0.29, 0.717) is 6.42 Å². The van der Waals surface area contributed by atoms with E-state index >= 15 is 0 Å². The average Bonchev–Trinajstić information content (AvgIpc) is 2.21. The first-order valence-corrected chi connectivity index (χ1v) is 4.89. The van der Waals surface area contributed by atoms with Gasteiger partial charge in [-0.1, -0.05) is 6.92 Å². The average molecular weight is 232 g/mol. The molecule has 0 aliphatic heterocycles. The first-order chi connectivity index (χ1) is 7.38. The van der Waals surface area contributed by atoms with Crippen molar-refractivity contribution in [3.8, 4) is 0 Å². The van der Waals surface area contributed by atoms with Crippen LogP contribution in [0.2, 0.25) is 0 Å². The van der Waals surface area contributed by atoms with E-state index in [1.165, 1.54) is 0 Å². The second kappa shape index (κ2) is 6.78. The molecule has 0 spiro atoms. The first kappa shape index (κ1) is 14.4. The molecule has 16 heavy (non-hydrogen) atoms. The molecule has 1 unspecified atom stereocenters. The Morgan fingerprint density at radius 2 is 1.88 bits per heavy atom. The van der Waals surface area contributed by atoms with Gasteiger partial charge in [-0.3, -0.25) is 9.59 Å². The summed E-state index contributed by atoms with van der Waals surface area (Å²) in [5.74, 6) is -2.96. The lowest BCUT2D eigenvalue weighted by atomic mass is 10.1. The number of carbonyl (C=O) groups excluding carboxylic acids is 1. The van der Waals surface area contributed by atoms with Crippen molar-refractivity contribution >= 4 is 17.8 Å². The highest BCUT2D eigenvalue weighted by Gasteiger charge is 2.22. The number of aliphatic carboxylic acids is 2. The summed E-state index contributed by atoms with van der Waals surface area (Å²) in [6.45, 7) is 1.69. The number of amides is 1. The van der Waals surface area contributed by atoms with Crippen LogP contribution in [-0.4, -0.2) is 40.1 Å². The van der Waals surface area contributed by atoms with Gasteiger partial charge in [-0.2, -0.15) is 0 Å². The van der Waals surface area contributed by atoms with Crippen LogP contribution >= 0.6 is 0 Å². The zero-order valence-electron chi connectivity index (χ0n) is 8.97. The van der Waals surface area contributed by atoms with Crippen LogP contribution in [0.3, 0.4) is 0 Å². The van der Waals surface area contributed by atoms with Crippen LogP contribution in [0.25, 0.3) is 0 Å². The fourth-order valence-electron chi connectivity index (χ4n) is 0.989. The standard InChI is InChI=1S/C9H16N2O5/c1-2-5(10)8(14)11-6(9(15)16)3-4-7(12)13/h5-6H,2-4,10H2,1H3,(H,11,14)(H,12,13)(H,15,16)/t5?,6-/m0/s1. The maximum atomic E-state index is 11.3. The van der Waals surface area contributed by atoms with Gasteiger partial charge in [-0.25, -0.2) is 4.79 Å². The molecule has 0 aromatic carbocycles. The van der Waals surface area contributed by atoms with E-state index in [2.05, 4.69) is 5.32 Å². The number of nitrogens with one attached hydrogen (secondary N) is 1. The molecule has 0 fully saturated rings. The lowest BCUT2D eigenvalue weighted by Gasteiger charge is -2.16. The highest BCUT2D eigenvalue weighted by atomic mass is 16.4. The van der Waals surface area contributed by atoms with E-state index in [4.69, 9.17) is 15.9 Å². The summed E-state index contributed by atoms with van der Waals surface area (Å²) < 4.78 is 0.